The van der Waals surface area contributed by atoms with Gasteiger partial charge in [-0.2, -0.15) is 0 Å². The molecule has 0 heterocycles. The van der Waals surface area contributed by atoms with E-state index in [4.69, 9.17) is 17.3 Å². The molecular formula is C15H12ClF2NO. The van der Waals surface area contributed by atoms with Gasteiger partial charge in [-0.1, -0.05) is 11.6 Å². The molecule has 0 bridgehead atoms. The number of nitrogen functional groups attached to an aromatic ring is 1. The van der Waals surface area contributed by atoms with Crippen molar-refractivity contribution in [3.63, 3.8) is 0 Å². The smallest absolute Gasteiger partial charge is 0.195 e. The van der Waals surface area contributed by atoms with Crippen molar-refractivity contribution >= 4 is 23.1 Å². The summed E-state index contributed by atoms with van der Waals surface area (Å²) >= 11 is 5.97. The number of hydrogen-bond donors (Lipinski definition) is 1. The van der Waals surface area contributed by atoms with Crippen LogP contribution in [0.5, 0.6) is 0 Å². The van der Waals surface area contributed by atoms with E-state index in [0.717, 1.165) is 17.7 Å². The molecule has 0 aliphatic rings. The van der Waals surface area contributed by atoms with Crippen LogP contribution in [0.15, 0.2) is 24.3 Å². The molecule has 0 radical (unpaired) electrons. The van der Waals surface area contributed by atoms with E-state index in [1.807, 2.05) is 0 Å². The summed E-state index contributed by atoms with van der Waals surface area (Å²) in [7, 11) is 0. The summed E-state index contributed by atoms with van der Waals surface area (Å²) in [5, 5.41) is 0.539. The van der Waals surface area contributed by atoms with E-state index in [2.05, 4.69) is 0 Å². The maximum Gasteiger partial charge on any atom is 0.195 e. The molecule has 20 heavy (non-hydrogen) atoms. The summed E-state index contributed by atoms with van der Waals surface area (Å²) < 4.78 is 26.3. The van der Waals surface area contributed by atoms with E-state index in [9.17, 15) is 13.6 Å². The molecule has 104 valence electrons. The zero-order chi connectivity index (χ0) is 15.0. The van der Waals surface area contributed by atoms with Crippen LogP contribution in [0, 0.1) is 25.5 Å². The maximum atomic E-state index is 13.3. The molecular weight excluding hydrogens is 284 g/mol. The number of halogens is 3. The molecule has 0 saturated carbocycles. The first-order chi connectivity index (χ1) is 9.31. The second kappa shape index (κ2) is 5.21. The lowest BCUT2D eigenvalue weighted by atomic mass is 9.96. The highest BCUT2D eigenvalue weighted by molar-refractivity contribution is 6.31. The molecule has 0 saturated heterocycles. The first kappa shape index (κ1) is 14.5. The van der Waals surface area contributed by atoms with Crippen LogP contribution in [-0.2, 0) is 0 Å². The lowest BCUT2D eigenvalue weighted by Crippen LogP contribution is -2.09. The average molecular weight is 296 g/mol. The van der Waals surface area contributed by atoms with Crippen molar-refractivity contribution in [1.82, 2.24) is 0 Å². The number of rotatable bonds is 2. The van der Waals surface area contributed by atoms with Crippen LogP contribution in [0.3, 0.4) is 0 Å². The lowest BCUT2D eigenvalue weighted by molar-refractivity contribution is 0.103. The highest BCUT2D eigenvalue weighted by Crippen LogP contribution is 2.25. The fourth-order valence-electron chi connectivity index (χ4n) is 1.93. The van der Waals surface area contributed by atoms with Gasteiger partial charge in [0.25, 0.3) is 0 Å². The first-order valence-electron chi connectivity index (χ1n) is 5.87. The predicted molar refractivity (Wildman–Crippen MR) is 75.1 cm³/mol. The summed E-state index contributed by atoms with van der Waals surface area (Å²) in [6.07, 6.45) is 0. The molecule has 0 aliphatic carbocycles. The minimum Gasteiger partial charge on any atom is -0.398 e. The fraction of sp³-hybridized carbons (Fsp3) is 0.133. The minimum atomic E-state index is -1.11. The largest absolute Gasteiger partial charge is 0.398 e. The third kappa shape index (κ3) is 2.51. The van der Waals surface area contributed by atoms with Crippen molar-refractivity contribution in [2.75, 3.05) is 5.73 Å². The zero-order valence-electron chi connectivity index (χ0n) is 10.9. The van der Waals surface area contributed by atoms with E-state index in [1.165, 1.54) is 0 Å². The topological polar surface area (TPSA) is 43.1 Å². The highest BCUT2D eigenvalue weighted by atomic mass is 35.5. The van der Waals surface area contributed by atoms with E-state index in [0.29, 0.717) is 16.1 Å². The number of ketones is 1. The van der Waals surface area contributed by atoms with E-state index < -0.39 is 17.4 Å². The Hall–Kier alpha value is -1.94. The van der Waals surface area contributed by atoms with Crippen LogP contribution < -0.4 is 5.73 Å². The van der Waals surface area contributed by atoms with Gasteiger partial charge in [0.15, 0.2) is 17.4 Å². The van der Waals surface area contributed by atoms with Crippen molar-refractivity contribution in [2.24, 2.45) is 0 Å². The molecule has 2 rings (SSSR count). The number of carbonyl (C=O) groups excluding carboxylic acids is 1. The first-order valence-corrected chi connectivity index (χ1v) is 6.25. The molecule has 0 amide bonds. The number of nitrogens with two attached hydrogens (primary N) is 1. The van der Waals surface area contributed by atoms with Crippen LogP contribution in [0.1, 0.15) is 27.0 Å². The number of benzene rings is 2. The molecule has 2 aromatic carbocycles. The molecule has 0 aliphatic heterocycles. The van der Waals surface area contributed by atoms with Gasteiger partial charge in [-0.25, -0.2) is 8.78 Å². The molecule has 5 heteroatoms. The summed E-state index contributed by atoms with van der Waals surface area (Å²) in [5.41, 5.74) is 7.17. The summed E-state index contributed by atoms with van der Waals surface area (Å²) in [6.45, 7) is 3.47. The minimum absolute atomic E-state index is 0.0614. The van der Waals surface area contributed by atoms with Crippen molar-refractivity contribution in [1.29, 1.82) is 0 Å². The van der Waals surface area contributed by atoms with Crippen molar-refractivity contribution in [3.8, 4) is 0 Å². The van der Waals surface area contributed by atoms with Gasteiger partial charge in [0, 0.05) is 27.9 Å². The molecule has 2 aromatic rings. The van der Waals surface area contributed by atoms with Crippen LogP contribution in [0.25, 0.3) is 0 Å². The van der Waals surface area contributed by atoms with Gasteiger partial charge in [0.05, 0.1) is 0 Å². The lowest BCUT2D eigenvalue weighted by Gasteiger charge is -2.10. The van der Waals surface area contributed by atoms with Gasteiger partial charge in [-0.05, 0) is 43.2 Å². The normalized spacial score (nSPS) is 10.7. The van der Waals surface area contributed by atoms with Crippen molar-refractivity contribution in [2.45, 2.75) is 13.8 Å². The molecule has 2 nitrogen and oxygen atoms in total. The summed E-state index contributed by atoms with van der Waals surface area (Å²) in [5.74, 6) is -2.65. The average Bonchev–Trinajstić information content (AvgIpc) is 2.37. The highest BCUT2D eigenvalue weighted by Gasteiger charge is 2.18. The fourth-order valence-corrected chi connectivity index (χ4v) is 2.15. The van der Waals surface area contributed by atoms with Crippen LogP contribution in [0.4, 0.5) is 14.5 Å². The zero-order valence-corrected chi connectivity index (χ0v) is 11.7. The molecule has 0 fully saturated rings. The molecule has 0 unspecified atom stereocenters. The Morgan fingerprint density at radius 3 is 2.25 bits per heavy atom. The van der Waals surface area contributed by atoms with Crippen LogP contribution in [-0.4, -0.2) is 5.78 Å². The van der Waals surface area contributed by atoms with Gasteiger partial charge in [-0.3, -0.25) is 4.79 Å². The van der Waals surface area contributed by atoms with Gasteiger partial charge in [0.1, 0.15) is 0 Å². The Morgan fingerprint density at radius 1 is 1.00 bits per heavy atom. The number of hydrogen-bond acceptors (Lipinski definition) is 2. The Labute approximate surface area is 120 Å². The van der Waals surface area contributed by atoms with Gasteiger partial charge < -0.3 is 5.73 Å². The van der Waals surface area contributed by atoms with Gasteiger partial charge in [-0.15, -0.1) is 0 Å². The van der Waals surface area contributed by atoms with E-state index >= 15 is 0 Å². The predicted octanol–water partition coefficient (Wildman–Crippen LogP) is 4.05. The standard InChI is InChI=1S/C15H12ClF2NO/c1-7-4-11(16)8(2)3-9(7)15(20)10-5-12(17)13(18)6-14(10)19/h3-6H,19H2,1-2H3. The summed E-state index contributed by atoms with van der Waals surface area (Å²) in [4.78, 5) is 12.4. The Bertz CT molecular complexity index is 654. The van der Waals surface area contributed by atoms with Gasteiger partial charge in [0.2, 0.25) is 0 Å². The summed E-state index contributed by atoms with van der Waals surface area (Å²) in [6, 6.07) is 4.89. The second-order valence-corrected chi connectivity index (χ2v) is 5.01. The number of aryl methyl sites for hydroxylation is 2. The molecule has 0 atom stereocenters. The third-order valence-corrected chi connectivity index (χ3v) is 3.49. The quantitative estimate of drug-likeness (QED) is 0.671. The van der Waals surface area contributed by atoms with E-state index in [1.54, 1.807) is 26.0 Å². The maximum absolute atomic E-state index is 13.3. The Balaban J connectivity index is 2.57. The van der Waals surface area contributed by atoms with Crippen molar-refractivity contribution in [3.05, 3.63) is 63.2 Å². The monoisotopic (exact) mass is 295 g/mol. The molecule has 0 aromatic heterocycles. The Kier molecular flexibility index (Phi) is 3.77. The molecule has 0 spiro atoms. The second-order valence-electron chi connectivity index (χ2n) is 4.60. The third-order valence-electron chi connectivity index (χ3n) is 3.09. The van der Waals surface area contributed by atoms with Crippen molar-refractivity contribution < 1.29 is 13.6 Å². The van der Waals surface area contributed by atoms with Crippen LogP contribution >= 0.6 is 11.6 Å². The number of anilines is 1. The SMILES string of the molecule is Cc1cc(C(=O)c2cc(F)c(F)cc2N)c(C)cc1Cl. The number of carbonyl (C=O) groups is 1. The van der Waals surface area contributed by atoms with Crippen LogP contribution in [0.2, 0.25) is 5.02 Å². The Morgan fingerprint density at radius 2 is 1.60 bits per heavy atom. The van der Waals surface area contributed by atoms with E-state index in [-0.39, 0.29) is 11.3 Å². The molecule has 2 N–H and O–H groups in total. The van der Waals surface area contributed by atoms with Gasteiger partial charge >= 0.3 is 0 Å².